The second-order valence-corrected chi connectivity index (χ2v) is 9.09. The average molecular weight is 388 g/mol. The summed E-state index contributed by atoms with van der Waals surface area (Å²) in [6.07, 6.45) is 3.16. The van der Waals surface area contributed by atoms with E-state index in [4.69, 9.17) is 12.2 Å². The highest BCUT2D eigenvalue weighted by atomic mass is 32.2. The molecule has 0 saturated carbocycles. The third kappa shape index (κ3) is 5.08. The molecule has 1 aromatic rings. The number of hydrogen-bond donors (Lipinski definition) is 1. The van der Waals surface area contributed by atoms with Gasteiger partial charge in [-0.2, -0.15) is 16.1 Å². The zero-order valence-electron chi connectivity index (χ0n) is 14.2. The van der Waals surface area contributed by atoms with Crippen LogP contribution in [0.2, 0.25) is 0 Å². The van der Waals surface area contributed by atoms with Gasteiger partial charge in [0, 0.05) is 32.7 Å². The van der Waals surface area contributed by atoms with Crippen molar-refractivity contribution >= 4 is 39.1 Å². The van der Waals surface area contributed by atoms with E-state index in [2.05, 4.69) is 16.5 Å². The van der Waals surface area contributed by atoms with Gasteiger partial charge in [-0.1, -0.05) is 17.7 Å². The average Bonchev–Trinajstić information content (AvgIpc) is 2.59. The van der Waals surface area contributed by atoms with E-state index in [1.54, 1.807) is 16.4 Å². The molecule has 5 nitrogen and oxygen atoms in total. The molecule has 0 amide bonds. The van der Waals surface area contributed by atoms with E-state index in [1.807, 2.05) is 30.8 Å². The molecule has 0 aliphatic carbocycles. The van der Waals surface area contributed by atoms with E-state index in [-0.39, 0.29) is 0 Å². The molecular formula is C16H25N3O2S3. The summed E-state index contributed by atoms with van der Waals surface area (Å²) in [4.78, 5) is 2.41. The Balaban J connectivity index is 1.87. The molecule has 1 N–H and O–H groups in total. The van der Waals surface area contributed by atoms with Crippen LogP contribution < -0.4 is 5.32 Å². The van der Waals surface area contributed by atoms with E-state index in [9.17, 15) is 8.42 Å². The van der Waals surface area contributed by atoms with Crippen LogP contribution in [0.25, 0.3) is 0 Å². The summed E-state index contributed by atoms with van der Waals surface area (Å²) in [5.41, 5.74) is 1.05. The van der Waals surface area contributed by atoms with Crippen LogP contribution in [-0.2, 0) is 10.0 Å². The Morgan fingerprint density at radius 1 is 1.21 bits per heavy atom. The number of thioether (sulfide) groups is 1. The summed E-state index contributed by atoms with van der Waals surface area (Å²) in [5, 5.41) is 3.98. The van der Waals surface area contributed by atoms with Crippen LogP contribution in [0, 0.1) is 6.92 Å². The minimum Gasteiger partial charge on any atom is -0.363 e. The van der Waals surface area contributed by atoms with Crippen molar-refractivity contribution in [3.8, 4) is 0 Å². The van der Waals surface area contributed by atoms with Crippen LogP contribution in [0.1, 0.15) is 12.0 Å². The molecule has 2 rings (SSSR count). The van der Waals surface area contributed by atoms with Gasteiger partial charge in [-0.3, -0.25) is 0 Å². The lowest BCUT2D eigenvalue weighted by molar-refractivity contribution is 0.264. The van der Waals surface area contributed by atoms with Crippen molar-refractivity contribution in [1.82, 2.24) is 14.5 Å². The standard InChI is InChI=1S/C16H25N3O2S3/c1-14-4-6-15(7-5-14)24(20,21)19-11-9-18(10-12-19)16(22)17-8-3-13-23-2/h4-7H,3,8-13H2,1-2H3,(H,17,22). The Morgan fingerprint density at radius 2 is 1.83 bits per heavy atom. The van der Waals surface area contributed by atoms with E-state index < -0.39 is 10.0 Å². The zero-order valence-corrected chi connectivity index (χ0v) is 16.6. The van der Waals surface area contributed by atoms with Gasteiger partial charge < -0.3 is 10.2 Å². The number of hydrogen-bond acceptors (Lipinski definition) is 4. The van der Waals surface area contributed by atoms with E-state index in [0.717, 1.165) is 29.4 Å². The van der Waals surface area contributed by atoms with Gasteiger partial charge >= 0.3 is 0 Å². The lowest BCUT2D eigenvalue weighted by Crippen LogP contribution is -2.53. The monoisotopic (exact) mass is 387 g/mol. The molecule has 8 heteroatoms. The second-order valence-electron chi connectivity index (χ2n) is 5.78. The maximum absolute atomic E-state index is 12.7. The molecular weight excluding hydrogens is 362 g/mol. The molecule has 1 fully saturated rings. The lowest BCUT2D eigenvalue weighted by Gasteiger charge is -2.35. The first-order valence-electron chi connectivity index (χ1n) is 8.03. The van der Waals surface area contributed by atoms with Crippen molar-refractivity contribution in [2.24, 2.45) is 0 Å². The molecule has 1 aliphatic rings. The SMILES string of the molecule is CSCCCNC(=S)N1CCN(S(=O)(=O)c2ccc(C)cc2)CC1. The number of rotatable bonds is 6. The molecule has 1 aliphatic heterocycles. The van der Waals surface area contributed by atoms with E-state index in [0.29, 0.717) is 31.1 Å². The fourth-order valence-electron chi connectivity index (χ4n) is 2.51. The highest BCUT2D eigenvalue weighted by Gasteiger charge is 2.29. The van der Waals surface area contributed by atoms with Gasteiger partial charge in [0.05, 0.1) is 4.90 Å². The van der Waals surface area contributed by atoms with Crippen molar-refractivity contribution in [3.05, 3.63) is 29.8 Å². The van der Waals surface area contributed by atoms with Gasteiger partial charge in [-0.15, -0.1) is 0 Å². The van der Waals surface area contributed by atoms with Gasteiger partial charge in [-0.25, -0.2) is 8.42 Å². The van der Waals surface area contributed by atoms with Gasteiger partial charge in [0.1, 0.15) is 0 Å². The van der Waals surface area contributed by atoms with Crippen molar-refractivity contribution in [2.75, 3.05) is 44.7 Å². The summed E-state index contributed by atoms with van der Waals surface area (Å²) in [6, 6.07) is 7.01. The van der Waals surface area contributed by atoms with Crippen molar-refractivity contribution < 1.29 is 8.42 Å². The number of thiocarbonyl (C=S) groups is 1. The van der Waals surface area contributed by atoms with Gasteiger partial charge in [0.2, 0.25) is 10.0 Å². The van der Waals surface area contributed by atoms with E-state index in [1.165, 1.54) is 0 Å². The Morgan fingerprint density at radius 3 is 2.42 bits per heavy atom. The van der Waals surface area contributed by atoms with Crippen LogP contribution in [0.4, 0.5) is 0 Å². The maximum Gasteiger partial charge on any atom is 0.243 e. The number of sulfonamides is 1. The quantitative estimate of drug-likeness (QED) is 0.595. The lowest BCUT2D eigenvalue weighted by atomic mass is 10.2. The molecule has 0 spiro atoms. The number of aryl methyl sites for hydroxylation is 1. The van der Waals surface area contributed by atoms with E-state index >= 15 is 0 Å². The minimum absolute atomic E-state index is 0.360. The van der Waals surface area contributed by atoms with Crippen LogP contribution in [-0.4, -0.2) is 67.5 Å². The van der Waals surface area contributed by atoms with Crippen molar-refractivity contribution in [1.29, 1.82) is 0 Å². The predicted octanol–water partition coefficient (Wildman–Crippen LogP) is 1.93. The van der Waals surface area contributed by atoms with Gasteiger partial charge in [-0.05, 0) is 49.7 Å². The summed E-state index contributed by atoms with van der Waals surface area (Å²) >= 11 is 7.22. The normalized spacial score (nSPS) is 16.2. The molecule has 134 valence electrons. The smallest absolute Gasteiger partial charge is 0.243 e. The Bertz CT molecular complexity index is 639. The number of nitrogens with one attached hydrogen (secondary N) is 1. The summed E-state index contributed by atoms with van der Waals surface area (Å²) in [5.74, 6) is 1.11. The molecule has 0 atom stereocenters. The minimum atomic E-state index is -3.41. The molecule has 24 heavy (non-hydrogen) atoms. The van der Waals surface area contributed by atoms with Gasteiger partial charge in [0.25, 0.3) is 0 Å². The maximum atomic E-state index is 12.7. The second kappa shape index (κ2) is 9.03. The largest absolute Gasteiger partial charge is 0.363 e. The van der Waals surface area contributed by atoms with Crippen LogP contribution in [0.5, 0.6) is 0 Å². The molecule has 0 aromatic heterocycles. The predicted molar refractivity (Wildman–Crippen MR) is 105 cm³/mol. The first kappa shape index (κ1) is 19.5. The zero-order chi connectivity index (χ0) is 17.6. The fourth-order valence-corrected chi connectivity index (χ4v) is 4.65. The first-order valence-corrected chi connectivity index (χ1v) is 11.3. The number of piperazine rings is 1. The van der Waals surface area contributed by atoms with Crippen molar-refractivity contribution in [3.63, 3.8) is 0 Å². The topological polar surface area (TPSA) is 52.6 Å². The van der Waals surface area contributed by atoms with Crippen LogP contribution >= 0.6 is 24.0 Å². The molecule has 1 heterocycles. The summed E-state index contributed by atoms with van der Waals surface area (Å²) < 4.78 is 26.9. The number of nitrogens with zero attached hydrogens (tertiary/aromatic N) is 2. The molecule has 0 unspecified atom stereocenters. The number of benzene rings is 1. The molecule has 0 radical (unpaired) electrons. The fraction of sp³-hybridized carbons (Fsp3) is 0.562. The van der Waals surface area contributed by atoms with Crippen molar-refractivity contribution in [2.45, 2.75) is 18.2 Å². The molecule has 0 bridgehead atoms. The molecule has 1 saturated heterocycles. The highest BCUT2D eigenvalue weighted by Crippen LogP contribution is 2.18. The Kier molecular flexibility index (Phi) is 7.34. The third-order valence-corrected chi connectivity index (χ3v) is 7.00. The summed E-state index contributed by atoms with van der Waals surface area (Å²) in [7, 11) is -3.41. The van der Waals surface area contributed by atoms with Gasteiger partial charge in [0.15, 0.2) is 5.11 Å². The Hall–Kier alpha value is -0.830. The Labute approximate surface area is 154 Å². The first-order chi connectivity index (χ1) is 11.4. The summed E-state index contributed by atoms with van der Waals surface area (Å²) in [6.45, 7) is 4.98. The van der Waals surface area contributed by atoms with Crippen LogP contribution in [0.3, 0.4) is 0 Å². The van der Waals surface area contributed by atoms with Crippen LogP contribution in [0.15, 0.2) is 29.2 Å². The highest BCUT2D eigenvalue weighted by molar-refractivity contribution is 7.98. The molecule has 1 aromatic carbocycles. The third-order valence-electron chi connectivity index (χ3n) is 3.99.